The first-order chi connectivity index (χ1) is 9.69. The monoisotopic (exact) mass is 290 g/mol. The third-order valence-corrected chi connectivity index (χ3v) is 3.08. The molecule has 0 N–H and O–H groups in total. The van der Waals surface area contributed by atoms with Gasteiger partial charge in [-0.05, 0) is 17.1 Å². The highest BCUT2D eigenvalue weighted by molar-refractivity contribution is 7.67. The van der Waals surface area contributed by atoms with E-state index >= 15 is 0 Å². The topological polar surface area (TPSA) is 90.9 Å². The molecule has 0 aliphatic carbocycles. The minimum atomic E-state index is -0.550. The van der Waals surface area contributed by atoms with Crippen molar-refractivity contribution >= 4 is 21.9 Å². The molecule has 0 atom stereocenters. The quantitative estimate of drug-likeness (QED) is 0.271. The van der Waals surface area contributed by atoms with Gasteiger partial charge in [0.1, 0.15) is 24.0 Å². The van der Waals surface area contributed by atoms with Gasteiger partial charge in [0.2, 0.25) is 5.82 Å². The van der Waals surface area contributed by atoms with Crippen molar-refractivity contribution in [3.63, 3.8) is 0 Å². The van der Waals surface area contributed by atoms with Crippen LogP contribution in [0.15, 0.2) is 43.2 Å². The van der Waals surface area contributed by atoms with Crippen molar-refractivity contribution in [2.75, 3.05) is 0 Å². The first-order valence-electron chi connectivity index (χ1n) is 5.58. The molecule has 0 aromatic carbocycles. The Balaban J connectivity index is 2.59. The smallest absolute Gasteiger partial charge is 0.343 e. The van der Waals surface area contributed by atoms with Gasteiger partial charge < -0.3 is 10.1 Å². The second kappa shape index (κ2) is 6.02. The lowest BCUT2D eigenvalue weighted by Gasteiger charge is -2.02. The Kier molecular flexibility index (Phi) is 4.16. The summed E-state index contributed by atoms with van der Waals surface area (Å²) in [7, 11) is 0. The third kappa shape index (κ3) is 2.54. The van der Waals surface area contributed by atoms with Crippen LogP contribution in [0.2, 0.25) is 0 Å². The van der Waals surface area contributed by atoms with Crippen LogP contribution in [0.1, 0.15) is 11.5 Å². The summed E-state index contributed by atoms with van der Waals surface area (Å²) in [6.07, 6.45) is 4.17. The molecule has 0 bridgehead atoms. The first-order valence-corrected chi connectivity index (χ1v) is 6.32. The van der Waals surface area contributed by atoms with Crippen LogP contribution in [0, 0.1) is 10.1 Å². The Labute approximate surface area is 117 Å². The maximum Gasteiger partial charge on any atom is 0.343 e. The van der Waals surface area contributed by atoms with Crippen molar-refractivity contribution in [1.82, 2.24) is 14.5 Å². The minimum Gasteiger partial charge on any atom is -0.358 e. The van der Waals surface area contributed by atoms with E-state index in [-0.39, 0.29) is 34.3 Å². The van der Waals surface area contributed by atoms with E-state index < -0.39 is 4.92 Å². The normalized spacial score (nSPS) is 10.0. The summed E-state index contributed by atoms with van der Waals surface area (Å²) < 4.78 is 12.7. The fourth-order valence-electron chi connectivity index (χ4n) is 1.69. The van der Waals surface area contributed by atoms with Gasteiger partial charge in [0.15, 0.2) is 4.86 Å². The Morgan fingerprint density at radius 1 is 1.50 bits per heavy atom. The van der Waals surface area contributed by atoms with Gasteiger partial charge in [-0.25, -0.2) is 13.8 Å². The summed E-state index contributed by atoms with van der Waals surface area (Å²) in [5, 5.41) is 11.0. The minimum absolute atomic E-state index is 0.183. The van der Waals surface area contributed by atoms with Gasteiger partial charge in [-0.1, -0.05) is 18.7 Å². The maximum atomic E-state index is 11.4. The molecule has 2 heterocycles. The highest BCUT2D eigenvalue weighted by Crippen LogP contribution is 2.16. The van der Waals surface area contributed by atoms with E-state index in [4.69, 9.17) is 0 Å². The van der Waals surface area contributed by atoms with E-state index in [2.05, 4.69) is 16.5 Å². The van der Waals surface area contributed by atoms with Gasteiger partial charge in [0.05, 0.1) is 5.69 Å². The molecule has 0 saturated heterocycles. The molecule has 102 valence electrons. The molecule has 0 saturated carbocycles. The molecular weight excluding hydrogens is 280 g/mol. The standard InChI is InChI=1S/C12H10N4O3S/c1-2-7-15-10(16(17)18)8-14-12(15)11(20-19)9-5-3-4-6-13-9/h2-6,8H,1,7H2. The fourth-order valence-corrected chi connectivity index (χ4v) is 2.14. The Bertz CT molecular complexity index is 705. The van der Waals surface area contributed by atoms with E-state index in [0.717, 1.165) is 6.20 Å². The molecule has 7 nitrogen and oxygen atoms in total. The van der Waals surface area contributed by atoms with Crippen molar-refractivity contribution < 1.29 is 9.13 Å². The predicted octanol–water partition coefficient (Wildman–Crippen LogP) is 1.15. The van der Waals surface area contributed by atoms with E-state index in [1.54, 1.807) is 24.4 Å². The lowest BCUT2D eigenvalue weighted by Crippen LogP contribution is -2.14. The van der Waals surface area contributed by atoms with E-state index in [1.807, 2.05) is 0 Å². The number of nitro groups is 1. The van der Waals surface area contributed by atoms with Crippen LogP contribution < -0.4 is 0 Å². The number of imidazole rings is 1. The maximum absolute atomic E-state index is 11.4. The van der Waals surface area contributed by atoms with Gasteiger partial charge in [-0.15, -0.1) is 0 Å². The average Bonchev–Trinajstić information content (AvgIpc) is 2.85. The second-order valence-corrected chi connectivity index (χ2v) is 4.30. The number of rotatable bonds is 5. The predicted molar refractivity (Wildman–Crippen MR) is 74.7 cm³/mol. The summed E-state index contributed by atoms with van der Waals surface area (Å²) in [5.74, 6) is 0.0256. The van der Waals surface area contributed by atoms with E-state index in [9.17, 15) is 14.3 Å². The van der Waals surface area contributed by atoms with Crippen molar-refractivity contribution in [3.8, 4) is 0 Å². The van der Waals surface area contributed by atoms with E-state index in [1.165, 1.54) is 10.6 Å². The molecular formula is C12H10N4O3S. The second-order valence-electron chi connectivity index (χ2n) is 3.72. The van der Waals surface area contributed by atoms with Gasteiger partial charge in [-0.2, -0.15) is 0 Å². The van der Waals surface area contributed by atoms with Gasteiger partial charge in [0, 0.05) is 6.20 Å². The molecule has 0 spiro atoms. The van der Waals surface area contributed by atoms with Crippen molar-refractivity contribution in [1.29, 1.82) is 0 Å². The highest BCUT2D eigenvalue weighted by Gasteiger charge is 2.24. The molecule has 0 radical (unpaired) electrons. The van der Waals surface area contributed by atoms with Crippen LogP contribution >= 0.6 is 0 Å². The largest absolute Gasteiger partial charge is 0.358 e. The van der Waals surface area contributed by atoms with Crippen molar-refractivity contribution in [2.24, 2.45) is 0 Å². The number of aromatic nitrogens is 3. The van der Waals surface area contributed by atoms with Crippen LogP contribution in [0.4, 0.5) is 5.82 Å². The lowest BCUT2D eigenvalue weighted by molar-refractivity contribution is -0.392. The SMILES string of the molecule is C=CCn1c([N+](=O)[O-])cnc1C(=S=O)c1ccccn1. The van der Waals surface area contributed by atoms with Crippen LogP contribution in [0.3, 0.4) is 0 Å². The molecule has 0 amide bonds. The molecule has 20 heavy (non-hydrogen) atoms. The molecule has 2 rings (SSSR count). The molecule has 2 aromatic heterocycles. The van der Waals surface area contributed by atoms with Crippen molar-refractivity contribution in [2.45, 2.75) is 6.54 Å². The average molecular weight is 290 g/mol. The number of nitrogens with zero attached hydrogens (tertiary/aromatic N) is 4. The summed E-state index contributed by atoms with van der Waals surface area (Å²) in [4.78, 5) is 18.7. The van der Waals surface area contributed by atoms with Crippen LogP contribution in [-0.4, -0.2) is 28.5 Å². The third-order valence-electron chi connectivity index (χ3n) is 2.52. The zero-order valence-electron chi connectivity index (χ0n) is 10.3. The van der Waals surface area contributed by atoms with Gasteiger partial charge in [0.25, 0.3) is 0 Å². The molecule has 2 aromatic rings. The number of pyridine rings is 1. The van der Waals surface area contributed by atoms with Crippen LogP contribution in [0.5, 0.6) is 0 Å². The first kappa shape index (κ1) is 13.8. The van der Waals surface area contributed by atoms with Crippen LogP contribution in [0.25, 0.3) is 0 Å². The summed E-state index contributed by atoms with van der Waals surface area (Å²) >= 11 is 0.205. The highest BCUT2D eigenvalue weighted by atomic mass is 32.1. The zero-order chi connectivity index (χ0) is 14.5. The summed E-state index contributed by atoms with van der Waals surface area (Å²) in [6.45, 7) is 3.74. The van der Waals surface area contributed by atoms with E-state index in [0.29, 0.717) is 5.69 Å². The lowest BCUT2D eigenvalue weighted by atomic mass is 10.2. The fraction of sp³-hybridized carbons (Fsp3) is 0.0833. The Morgan fingerprint density at radius 3 is 2.85 bits per heavy atom. The molecule has 0 aliphatic rings. The van der Waals surface area contributed by atoms with Crippen molar-refractivity contribution in [3.05, 3.63) is 64.9 Å². The molecule has 8 heteroatoms. The molecule has 0 unspecified atom stereocenters. The van der Waals surface area contributed by atoms with Crippen LogP contribution in [-0.2, 0) is 17.8 Å². The summed E-state index contributed by atoms with van der Waals surface area (Å²) in [6, 6.07) is 5.10. The number of hydrogen-bond donors (Lipinski definition) is 0. The summed E-state index contributed by atoms with van der Waals surface area (Å²) in [5.41, 5.74) is 0.429. The van der Waals surface area contributed by atoms with Gasteiger partial charge in [-0.3, -0.25) is 4.98 Å². The van der Waals surface area contributed by atoms with Gasteiger partial charge >= 0.3 is 5.82 Å². The zero-order valence-corrected chi connectivity index (χ0v) is 11.1. The number of hydrogen-bond acceptors (Lipinski definition) is 5. The molecule has 0 aliphatic heterocycles. The number of allylic oxidation sites excluding steroid dienone is 1. The molecule has 0 fully saturated rings. The Hall–Kier alpha value is -2.61. The Morgan fingerprint density at radius 2 is 2.30 bits per heavy atom.